The van der Waals surface area contributed by atoms with Crippen LogP contribution >= 0.6 is 37.7 Å². The molecule has 0 N–H and O–H groups in total. The summed E-state index contributed by atoms with van der Waals surface area (Å²) in [6.07, 6.45) is 0.670. The molecule has 13 heavy (non-hydrogen) atoms. The van der Waals surface area contributed by atoms with Crippen LogP contribution in [0.1, 0.15) is 0 Å². The molecule has 0 saturated heterocycles. The van der Waals surface area contributed by atoms with E-state index in [4.69, 9.17) is 0 Å². The van der Waals surface area contributed by atoms with E-state index in [1.54, 1.807) is 0 Å². The summed E-state index contributed by atoms with van der Waals surface area (Å²) < 4.78 is 2.05. The van der Waals surface area contributed by atoms with Crippen molar-refractivity contribution in [2.24, 2.45) is 0 Å². The standard InChI is InChI=1S/C7H8BIN2P2/c8-7-5-3-4(12)1-2-6(5)11(10-7)13-9/h1-3,13H,8,12H2. The van der Waals surface area contributed by atoms with E-state index in [0.717, 1.165) is 5.59 Å². The van der Waals surface area contributed by atoms with Gasteiger partial charge in [0.1, 0.15) is 0 Å². The number of hydrogen-bond acceptors (Lipinski definition) is 1. The van der Waals surface area contributed by atoms with E-state index in [2.05, 4.69) is 66.9 Å². The smallest absolute Gasteiger partial charge is 0.167 e. The summed E-state index contributed by atoms with van der Waals surface area (Å²) in [5.41, 5.74) is 2.35. The normalized spacial score (nSPS) is 11.8. The third-order valence-electron chi connectivity index (χ3n) is 1.97. The number of halogens is 1. The highest BCUT2D eigenvalue weighted by atomic mass is 127. The van der Waals surface area contributed by atoms with Crippen molar-refractivity contribution in [2.75, 3.05) is 0 Å². The molecule has 0 aliphatic heterocycles. The molecule has 0 aliphatic rings. The second kappa shape index (κ2) is 3.84. The molecule has 0 amide bonds. The van der Waals surface area contributed by atoms with Crippen LogP contribution in [0.2, 0.25) is 0 Å². The topological polar surface area (TPSA) is 17.8 Å². The molecule has 0 aliphatic carbocycles. The fraction of sp³-hybridized carbons (Fsp3) is 0. The SMILES string of the molecule is Bc1nn(PI)c2ccc(P)cc12. The quantitative estimate of drug-likeness (QED) is 0.427. The zero-order valence-corrected chi connectivity index (χ0v) is 11.4. The molecule has 2 unspecified atom stereocenters. The average molecular weight is 320 g/mol. The Labute approximate surface area is 94.8 Å². The van der Waals surface area contributed by atoms with Crippen molar-refractivity contribution in [3.05, 3.63) is 18.2 Å². The minimum absolute atomic E-state index is 0.670. The maximum atomic E-state index is 4.46. The molecule has 2 aromatic rings. The summed E-state index contributed by atoms with van der Waals surface area (Å²) in [4.78, 5) is 0. The van der Waals surface area contributed by atoms with Crippen LogP contribution in [-0.2, 0) is 0 Å². The lowest BCUT2D eigenvalue weighted by atomic mass is 10.0. The summed E-state index contributed by atoms with van der Waals surface area (Å²) in [7, 11) is 4.77. The van der Waals surface area contributed by atoms with Gasteiger partial charge in [0, 0.05) is 11.0 Å². The van der Waals surface area contributed by atoms with Crippen molar-refractivity contribution in [3.8, 4) is 0 Å². The van der Waals surface area contributed by atoms with Gasteiger partial charge < -0.3 is 0 Å². The Bertz CT molecular complexity index is 457. The fourth-order valence-electron chi connectivity index (χ4n) is 1.35. The van der Waals surface area contributed by atoms with Gasteiger partial charge in [-0.15, -0.1) is 9.24 Å². The Morgan fingerprint density at radius 1 is 1.54 bits per heavy atom. The van der Waals surface area contributed by atoms with E-state index in [-0.39, 0.29) is 0 Å². The predicted molar refractivity (Wildman–Crippen MR) is 75.0 cm³/mol. The van der Waals surface area contributed by atoms with Gasteiger partial charge in [-0.3, -0.25) is 0 Å². The maximum Gasteiger partial charge on any atom is 0.167 e. The Kier molecular flexibility index (Phi) is 2.92. The first-order valence-electron chi connectivity index (χ1n) is 3.84. The fourth-order valence-corrected chi connectivity index (χ4v) is 3.19. The molecule has 0 radical (unpaired) electrons. The van der Waals surface area contributed by atoms with Gasteiger partial charge in [-0.05, 0) is 39.5 Å². The molecule has 6 heteroatoms. The number of rotatable bonds is 1. The highest BCUT2D eigenvalue weighted by Gasteiger charge is 2.05. The average Bonchev–Trinajstić information content (AvgIpc) is 2.43. The van der Waals surface area contributed by atoms with Crippen molar-refractivity contribution in [1.29, 1.82) is 0 Å². The van der Waals surface area contributed by atoms with Gasteiger partial charge in [-0.2, -0.15) is 5.10 Å². The first-order valence-corrected chi connectivity index (χ1v) is 8.48. The van der Waals surface area contributed by atoms with Crippen molar-refractivity contribution in [3.63, 3.8) is 0 Å². The molecule has 1 aromatic carbocycles. The molecule has 1 heterocycles. The number of hydrogen-bond donors (Lipinski definition) is 0. The van der Waals surface area contributed by atoms with Gasteiger partial charge in [0.2, 0.25) is 0 Å². The summed E-state index contributed by atoms with van der Waals surface area (Å²) >= 11 is 2.35. The van der Waals surface area contributed by atoms with Crippen molar-refractivity contribution in [1.82, 2.24) is 9.55 Å². The van der Waals surface area contributed by atoms with Crippen LogP contribution in [-0.4, -0.2) is 17.4 Å². The highest BCUT2D eigenvalue weighted by molar-refractivity contribution is 14.2. The molecule has 2 atom stereocenters. The lowest BCUT2D eigenvalue weighted by molar-refractivity contribution is 1.06. The van der Waals surface area contributed by atoms with Crippen LogP contribution in [0.25, 0.3) is 10.9 Å². The molecule has 2 rings (SSSR count). The van der Waals surface area contributed by atoms with Crippen molar-refractivity contribution >= 4 is 67.3 Å². The Morgan fingerprint density at radius 3 is 3.00 bits per heavy atom. The highest BCUT2D eigenvalue weighted by Crippen LogP contribution is 2.26. The summed E-state index contributed by atoms with van der Waals surface area (Å²) in [5.74, 6) is 0. The Balaban J connectivity index is 2.80. The molecule has 0 fully saturated rings. The molecule has 0 saturated carbocycles. The monoisotopic (exact) mass is 320 g/mol. The van der Waals surface area contributed by atoms with Gasteiger partial charge in [0.05, 0.1) is 11.9 Å². The maximum absolute atomic E-state index is 4.46. The molecule has 0 bridgehead atoms. The Hall–Kier alpha value is 0.345. The first-order chi connectivity index (χ1) is 6.22. The minimum atomic E-state index is 0.670. The van der Waals surface area contributed by atoms with Crippen LogP contribution < -0.4 is 10.9 Å². The lowest BCUT2D eigenvalue weighted by Gasteiger charge is -1.96. The van der Waals surface area contributed by atoms with Gasteiger partial charge in [0.15, 0.2) is 7.85 Å². The second-order valence-electron chi connectivity index (χ2n) is 2.86. The largest absolute Gasteiger partial charge is 0.238 e. The van der Waals surface area contributed by atoms with E-state index >= 15 is 0 Å². The van der Waals surface area contributed by atoms with Crippen LogP contribution in [0.3, 0.4) is 0 Å². The predicted octanol–water partition coefficient (Wildman–Crippen LogP) is 0.587. The summed E-state index contributed by atoms with van der Waals surface area (Å²) in [5, 5.41) is 6.94. The van der Waals surface area contributed by atoms with E-state index in [0.29, 0.717) is 6.37 Å². The van der Waals surface area contributed by atoms with Gasteiger partial charge in [0.25, 0.3) is 0 Å². The van der Waals surface area contributed by atoms with E-state index in [1.165, 1.54) is 16.2 Å². The zero-order chi connectivity index (χ0) is 9.42. The Morgan fingerprint density at radius 2 is 2.31 bits per heavy atom. The molecular formula is C7H8BIN2P2. The first kappa shape index (κ1) is 9.88. The molecule has 66 valence electrons. The van der Waals surface area contributed by atoms with E-state index < -0.39 is 0 Å². The van der Waals surface area contributed by atoms with Crippen LogP contribution in [0.5, 0.6) is 0 Å². The lowest BCUT2D eigenvalue weighted by Crippen LogP contribution is -2.05. The van der Waals surface area contributed by atoms with Crippen molar-refractivity contribution < 1.29 is 0 Å². The summed E-state index contributed by atoms with van der Waals surface area (Å²) in [6, 6.07) is 6.39. The number of benzene rings is 1. The third kappa shape index (κ3) is 1.77. The van der Waals surface area contributed by atoms with Gasteiger partial charge in [-0.1, -0.05) is 6.07 Å². The molecule has 1 aromatic heterocycles. The number of aromatic nitrogens is 2. The van der Waals surface area contributed by atoms with E-state index in [9.17, 15) is 0 Å². The van der Waals surface area contributed by atoms with Crippen molar-refractivity contribution in [2.45, 2.75) is 0 Å². The van der Waals surface area contributed by atoms with Crippen LogP contribution in [0.4, 0.5) is 0 Å². The zero-order valence-electron chi connectivity index (χ0n) is 7.08. The van der Waals surface area contributed by atoms with Gasteiger partial charge >= 0.3 is 0 Å². The number of fused-ring (bicyclic) bond motifs is 1. The molecule has 0 spiro atoms. The van der Waals surface area contributed by atoms with Crippen LogP contribution in [0, 0.1) is 0 Å². The minimum Gasteiger partial charge on any atom is -0.238 e. The van der Waals surface area contributed by atoms with Crippen LogP contribution in [0.15, 0.2) is 18.2 Å². The molecule has 2 nitrogen and oxygen atoms in total. The number of nitrogens with zero attached hydrogens (tertiary/aromatic N) is 2. The van der Waals surface area contributed by atoms with E-state index in [1.807, 2.05) is 0 Å². The summed E-state index contributed by atoms with van der Waals surface area (Å²) in [6.45, 7) is 0. The second-order valence-corrected chi connectivity index (χ2v) is 5.56. The van der Waals surface area contributed by atoms with Gasteiger partial charge in [-0.25, -0.2) is 4.45 Å². The molecular weight excluding hydrogens is 312 g/mol. The third-order valence-corrected chi connectivity index (χ3v) is 4.20.